The molecule has 0 atom stereocenters. The molecule has 0 N–H and O–H groups in total. The molecule has 0 aromatic heterocycles. The van der Waals surface area contributed by atoms with Gasteiger partial charge in [-0.15, -0.1) is 0 Å². The number of aryl methyl sites for hydroxylation is 3. The summed E-state index contributed by atoms with van der Waals surface area (Å²) >= 11 is 0.194. The van der Waals surface area contributed by atoms with E-state index in [9.17, 15) is 0 Å². The third-order valence-electron chi connectivity index (χ3n) is 4.11. The number of halogens is 2. The molecule has 0 bridgehead atoms. The fraction of sp³-hybridized carbons (Fsp3) is 0.227. The summed E-state index contributed by atoms with van der Waals surface area (Å²) in [6.07, 6.45) is 6.62. The Bertz CT molecular complexity index is 880. The fourth-order valence-corrected chi connectivity index (χ4v) is 2.98. The van der Waals surface area contributed by atoms with Crippen molar-refractivity contribution in [3.8, 4) is 0 Å². The first-order valence-electron chi connectivity index (χ1n) is 8.82. The molecule has 148 valence electrons. The van der Waals surface area contributed by atoms with Gasteiger partial charge in [-0.3, -0.25) is 15.0 Å². The third-order valence-corrected chi connectivity index (χ3v) is 4.11. The first kappa shape index (κ1) is 22.6. The van der Waals surface area contributed by atoms with Gasteiger partial charge in [-0.2, -0.15) is 0 Å². The maximum absolute atomic E-state index is 4.76. The summed E-state index contributed by atoms with van der Waals surface area (Å²) in [6.45, 7) is 6.99. The van der Waals surface area contributed by atoms with E-state index in [-0.39, 0.29) is 13.1 Å². The Morgan fingerprint density at radius 2 is 1.68 bits per heavy atom. The monoisotopic (exact) mass is 455 g/mol. The Labute approximate surface area is 181 Å². The van der Waals surface area contributed by atoms with Crippen LogP contribution in [0.15, 0.2) is 69.2 Å². The van der Waals surface area contributed by atoms with Gasteiger partial charge >= 0.3 is 33.3 Å². The van der Waals surface area contributed by atoms with Crippen molar-refractivity contribution in [2.24, 2.45) is 15.0 Å². The standard InChI is InChI=1S/C22H23N3.2ClH.Fe/c1-16-11-17(2)22(18(3)12-16)24-15-21-10-9-20(25-21)14-23-13-19-7-5-4-6-8-19;;;/h4-8,10-12,14-15H,9,13H2,1-3H3;2*1H;/q;;;+2/p-2. The van der Waals surface area contributed by atoms with Gasteiger partial charge in [0, 0.05) is 12.6 Å². The Balaban J connectivity index is 0.000000878. The van der Waals surface area contributed by atoms with Gasteiger partial charge in [0.05, 0.1) is 29.9 Å². The van der Waals surface area contributed by atoms with Crippen LogP contribution in [-0.4, -0.2) is 18.1 Å². The van der Waals surface area contributed by atoms with E-state index in [1.54, 1.807) is 0 Å². The Morgan fingerprint density at radius 1 is 1.04 bits per heavy atom. The topological polar surface area (TPSA) is 37.1 Å². The first-order valence-corrected chi connectivity index (χ1v) is 11.9. The molecule has 3 nitrogen and oxygen atoms in total. The average molecular weight is 456 g/mol. The van der Waals surface area contributed by atoms with Crippen molar-refractivity contribution in [2.45, 2.75) is 33.7 Å². The van der Waals surface area contributed by atoms with Crippen molar-refractivity contribution < 1.29 is 13.1 Å². The van der Waals surface area contributed by atoms with E-state index in [2.05, 4.69) is 66.1 Å². The molecular formula is C22H23Cl2FeN3. The van der Waals surface area contributed by atoms with Crippen LogP contribution < -0.4 is 0 Å². The summed E-state index contributed by atoms with van der Waals surface area (Å²) in [5, 5.41) is 0. The van der Waals surface area contributed by atoms with Crippen LogP contribution in [0.25, 0.3) is 0 Å². The van der Waals surface area contributed by atoms with Crippen molar-refractivity contribution in [1.82, 2.24) is 0 Å². The van der Waals surface area contributed by atoms with E-state index in [1.165, 1.54) is 22.3 Å². The zero-order valence-corrected chi connectivity index (χ0v) is 18.8. The number of benzene rings is 2. The van der Waals surface area contributed by atoms with E-state index in [0.717, 1.165) is 23.5 Å². The second-order valence-corrected chi connectivity index (χ2v) is 8.27. The Hall–Kier alpha value is -1.71. The van der Waals surface area contributed by atoms with Crippen molar-refractivity contribution in [3.63, 3.8) is 0 Å². The fourth-order valence-electron chi connectivity index (χ4n) is 2.98. The number of hydrogen-bond acceptors (Lipinski definition) is 3. The van der Waals surface area contributed by atoms with E-state index in [0.29, 0.717) is 6.54 Å². The van der Waals surface area contributed by atoms with Gasteiger partial charge in [-0.25, -0.2) is 0 Å². The van der Waals surface area contributed by atoms with Crippen LogP contribution in [-0.2, 0) is 19.7 Å². The van der Waals surface area contributed by atoms with E-state index in [4.69, 9.17) is 20.2 Å². The summed E-state index contributed by atoms with van der Waals surface area (Å²) in [5.74, 6) is 0. The normalized spacial score (nSPS) is 13.6. The molecule has 0 saturated carbocycles. The molecule has 1 aliphatic heterocycles. The van der Waals surface area contributed by atoms with Gasteiger partial charge in [-0.05, 0) is 37.5 Å². The first-order chi connectivity index (χ1) is 13.5. The SMILES string of the molecule is Cc1cc(C)c(N=CC2=CCC(C=NCc3ccccc3)=N2)c(C)c1.[Cl][Fe][Cl]. The summed E-state index contributed by atoms with van der Waals surface area (Å²) in [6, 6.07) is 14.6. The van der Waals surface area contributed by atoms with Crippen molar-refractivity contribution in [1.29, 1.82) is 0 Å². The van der Waals surface area contributed by atoms with Gasteiger partial charge in [-0.1, -0.05) is 54.1 Å². The molecule has 0 saturated heterocycles. The molecule has 6 heteroatoms. The molecule has 0 fully saturated rings. The van der Waals surface area contributed by atoms with Gasteiger partial charge in [0.25, 0.3) is 0 Å². The van der Waals surface area contributed by atoms with Crippen molar-refractivity contribution in [3.05, 3.63) is 76.5 Å². The predicted molar refractivity (Wildman–Crippen MR) is 119 cm³/mol. The van der Waals surface area contributed by atoms with Gasteiger partial charge in [0.2, 0.25) is 0 Å². The average Bonchev–Trinajstić information content (AvgIpc) is 3.10. The minimum absolute atomic E-state index is 0.194. The van der Waals surface area contributed by atoms with Crippen molar-refractivity contribution in [2.75, 3.05) is 0 Å². The van der Waals surface area contributed by atoms with Gasteiger partial charge in [0.15, 0.2) is 0 Å². The molecule has 3 rings (SSSR count). The molecule has 0 spiro atoms. The molecule has 2 aromatic rings. The van der Waals surface area contributed by atoms with Crippen LogP contribution in [0.3, 0.4) is 0 Å². The van der Waals surface area contributed by atoms with E-state index < -0.39 is 0 Å². The van der Waals surface area contributed by atoms with Crippen LogP contribution in [0.2, 0.25) is 0 Å². The summed E-state index contributed by atoms with van der Waals surface area (Å²) in [5.41, 5.74) is 7.78. The zero-order valence-electron chi connectivity index (χ0n) is 16.1. The molecule has 28 heavy (non-hydrogen) atoms. The van der Waals surface area contributed by atoms with Crippen LogP contribution in [0, 0.1) is 20.8 Å². The van der Waals surface area contributed by atoms with Crippen LogP contribution in [0.4, 0.5) is 5.69 Å². The molecule has 0 amide bonds. The second kappa shape index (κ2) is 12.0. The molecule has 1 heterocycles. The minimum atomic E-state index is 0.194. The van der Waals surface area contributed by atoms with Crippen LogP contribution in [0.5, 0.6) is 0 Å². The summed E-state index contributed by atoms with van der Waals surface area (Å²) in [7, 11) is 9.53. The molecule has 0 aliphatic carbocycles. The molecule has 0 radical (unpaired) electrons. The van der Waals surface area contributed by atoms with Gasteiger partial charge in [0.1, 0.15) is 0 Å². The van der Waals surface area contributed by atoms with Crippen LogP contribution >= 0.6 is 20.2 Å². The summed E-state index contributed by atoms with van der Waals surface area (Å²) < 4.78 is 0. The number of allylic oxidation sites excluding steroid dienone is 2. The van der Waals surface area contributed by atoms with Gasteiger partial charge < -0.3 is 0 Å². The molecule has 0 unspecified atom stereocenters. The van der Waals surface area contributed by atoms with E-state index in [1.807, 2.05) is 30.6 Å². The second-order valence-electron chi connectivity index (χ2n) is 6.45. The Kier molecular flexibility index (Phi) is 9.66. The zero-order chi connectivity index (χ0) is 20.4. The number of hydrogen-bond donors (Lipinski definition) is 0. The van der Waals surface area contributed by atoms with E-state index >= 15 is 0 Å². The molecular weight excluding hydrogens is 433 g/mol. The predicted octanol–water partition coefficient (Wildman–Crippen LogP) is 6.69. The van der Waals surface area contributed by atoms with Crippen molar-refractivity contribution >= 4 is 44.0 Å². The number of rotatable bonds is 5. The molecule has 2 aromatic carbocycles. The quantitative estimate of drug-likeness (QED) is 0.355. The third kappa shape index (κ3) is 7.37. The Morgan fingerprint density at radius 3 is 2.32 bits per heavy atom. The van der Waals surface area contributed by atoms with Crippen LogP contribution in [0.1, 0.15) is 28.7 Å². The maximum atomic E-state index is 4.76. The summed E-state index contributed by atoms with van der Waals surface area (Å²) in [4.78, 5) is 13.7. The number of aliphatic imine (C=N–C) groups is 3. The molecule has 1 aliphatic rings. The number of nitrogens with zero attached hydrogens (tertiary/aromatic N) is 3.